The second-order valence-corrected chi connectivity index (χ2v) is 5.64. The summed E-state index contributed by atoms with van der Waals surface area (Å²) in [7, 11) is 0. The fourth-order valence-corrected chi connectivity index (χ4v) is 2.83. The van der Waals surface area contributed by atoms with Crippen molar-refractivity contribution in [1.29, 1.82) is 0 Å². The summed E-state index contributed by atoms with van der Waals surface area (Å²) >= 11 is 0. The molecule has 1 heteroatoms. The molecule has 1 N–H and O–H groups in total. The minimum atomic E-state index is 0.776. The molecule has 0 aromatic carbocycles. The lowest BCUT2D eigenvalue weighted by atomic mass is 9.66. The SMILES string of the molecule is CC1CCC2(CCNCC2)CC1.CCC. The van der Waals surface area contributed by atoms with Crippen LogP contribution in [0.3, 0.4) is 0 Å². The van der Waals surface area contributed by atoms with Crippen LogP contribution in [-0.4, -0.2) is 13.1 Å². The molecule has 0 bridgehead atoms. The van der Waals surface area contributed by atoms with Crippen LogP contribution in [0.1, 0.15) is 65.7 Å². The molecule has 15 heavy (non-hydrogen) atoms. The Kier molecular flexibility index (Phi) is 5.66. The number of rotatable bonds is 0. The van der Waals surface area contributed by atoms with Crippen molar-refractivity contribution >= 4 is 0 Å². The van der Waals surface area contributed by atoms with Gasteiger partial charge in [0.2, 0.25) is 0 Å². The van der Waals surface area contributed by atoms with Crippen LogP contribution in [0.5, 0.6) is 0 Å². The molecular formula is C14H29N. The lowest BCUT2D eigenvalue weighted by Gasteiger charge is -2.42. The van der Waals surface area contributed by atoms with E-state index in [0.717, 1.165) is 11.3 Å². The maximum absolute atomic E-state index is 3.47. The smallest absolute Gasteiger partial charge is 0.00436 e. The summed E-state index contributed by atoms with van der Waals surface area (Å²) in [4.78, 5) is 0. The zero-order chi connectivity index (χ0) is 11.1. The summed E-state index contributed by atoms with van der Waals surface area (Å²) in [5.41, 5.74) is 0.776. The summed E-state index contributed by atoms with van der Waals surface area (Å²) in [5.74, 6) is 1.01. The van der Waals surface area contributed by atoms with Gasteiger partial charge in [0.1, 0.15) is 0 Å². The van der Waals surface area contributed by atoms with Crippen LogP contribution in [-0.2, 0) is 0 Å². The van der Waals surface area contributed by atoms with Crippen LogP contribution in [0.15, 0.2) is 0 Å². The average molecular weight is 211 g/mol. The third kappa shape index (κ3) is 4.14. The van der Waals surface area contributed by atoms with Gasteiger partial charge in [0, 0.05) is 0 Å². The Labute approximate surface area is 96.0 Å². The maximum atomic E-state index is 3.47. The summed E-state index contributed by atoms with van der Waals surface area (Å²) < 4.78 is 0. The van der Waals surface area contributed by atoms with E-state index in [4.69, 9.17) is 0 Å². The summed E-state index contributed by atoms with van der Waals surface area (Å²) in [6, 6.07) is 0. The Morgan fingerprint density at radius 3 is 1.93 bits per heavy atom. The first kappa shape index (κ1) is 13.0. The van der Waals surface area contributed by atoms with Crippen LogP contribution < -0.4 is 5.32 Å². The molecule has 0 aromatic rings. The standard InChI is InChI=1S/C11H21N.C3H8/c1-10-2-4-11(5-3-10)6-8-12-9-7-11;1-3-2/h10,12H,2-9H2,1H3;3H2,1-2H3. The molecule has 1 saturated carbocycles. The largest absolute Gasteiger partial charge is 0.317 e. The van der Waals surface area contributed by atoms with Crippen molar-refractivity contribution in [3.8, 4) is 0 Å². The zero-order valence-electron chi connectivity index (χ0n) is 10.9. The molecular weight excluding hydrogens is 182 g/mol. The van der Waals surface area contributed by atoms with Crippen molar-refractivity contribution in [3.63, 3.8) is 0 Å². The molecule has 1 aliphatic heterocycles. The predicted molar refractivity (Wildman–Crippen MR) is 68.1 cm³/mol. The fourth-order valence-electron chi connectivity index (χ4n) is 2.83. The Morgan fingerprint density at radius 2 is 1.47 bits per heavy atom. The molecule has 0 aromatic heterocycles. The van der Waals surface area contributed by atoms with Crippen molar-refractivity contribution in [3.05, 3.63) is 0 Å². The highest BCUT2D eigenvalue weighted by Crippen LogP contribution is 2.44. The van der Waals surface area contributed by atoms with Gasteiger partial charge in [-0.15, -0.1) is 0 Å². The number of hydrogen-bond donors (Lipinski definition) is 1. The van der Waals surface area contributed by atoms with Gasteiger partial charge in [-0.3, -0.25) is 0 Å². The predicted octanol–water partition coefficient (Wildman–Crippen LogP) is 3.98. The lowest BCUT2D eigenvalue weighted by molar-refractivity contribution is 0.110. The van der Waals surface area contributed by atoms with Gasteiger partial charge >= 0.3 is 0 Å². The first-order valence-corrected chi connectivity index (χ1v) is 6.93. The van der Waals surface area contributed by atoms with Crippen LogP contribution in [0.25, 0.3) is 0 Å². The lowest BCUT2D eigenvalue weighted by Crippen LogP contribution is -2.38. The van der Waals surface area contributed by atoms with Crippen LogP contribution in [0.2, 0.25) is 0 Å². The summed E-state index contributed by atoms with van der Waals surface area (Å²) in [6.07, 6.45) is 10.1. The molecule has 2 fully saturated rings. The molecule has 1 saturated heterocycles. The van der Waals surface area contributed by atoms with Crippen molar-refractivity contribution < 1.29 is 0 Å². The highest BCUT2D eigenvalue weighted by molar-refractivity contribution is 4.88. The summed E-state index contributed by atoms with van der Waals surface area (Å²) in [6.45, 7) is 9.21. The van der Waals surface area contributed by atoms with Crippen molar-refractivity contribution in [2.24, 2.45) is 11.3 Å². The highest BCUT2D eigenvalue weighted by atomic mass is 14.9. The van der Waals surface area contributed by atoms with Gasteiger partial charge in [-0.2, -0.15) is 0 Å². The molecule has 90 valence electrons. The van der Waals surface area contributed by atoms with Gasteiger partial charge in [-0.05, 0) is 50.1 Å². The molecule has 1 nitrogen and oxygen atoms in total. The molecule has 1 heterocycles. The van der Waals surface area contributed by atoms with E-state index in [1.54, 1.807) is 0 Å². The van der Waals surface area contributed by atoms with Crippen molar-refractivity contribution in [2.75, 3.05) is 13.1 Å². The van der Waals surface area contributed by atoms with E-state index in [9.17, 15) is 0 Å². The number of hydrogen-bond acceptors (Lipinski definition) is 1. The van der Waals surface area contributed by atoms with Gasteiger partial charge in [0.05, 0.1) is 0 Å². The molecule has 0 atom stereocenters. The Morgan fingerprint density at radius 1 is 1.00 bits per heavy atom. The van der Waals surface area contributed by atoms with E-state index in [1.165, 1.54) is 58.0 Å². The third-order valence-electron chi connectivity index (χ3n) is 4.00. The minimum absolute atomic E-state index is 0.776. The molecule has 2 aliphatic rings. The first-order chi connectivity index (χ1) is 7.22. The van der Waals surface area contributed by atoms with Crippen molar-refractivity contribution in [2.45, 2.75) is 65.7 Å². The molecule has 1 aliphatic carbocycles. The van der Waals surface area contributed by atoms with Crippen LogP contribution in [0, 0.1) is 11.3 Å². The Balaban J connectivity index is 0.000000337. The number of nitrogens with one attached hydrogen (secondary N) is 1. The monoisotopic (exact) mass is 211 g/mol. The molecule has 0 unspecified atom stereocenters. The number of piperidine rings is 1. The minimum Gasteiger partial charge on any atom is -0.317 e. The van der Waals surface area contributed by atoms with Gasteiger partial charge < -0.3 is 5.32 Å². The van der Waals surface area contributed by atoms with Crippen LogP contribution in [0.4, 0.5) is 0 Å². The first-order valence-electron chi connectivity index (χ1n) is 6.93. The normalized spacial score (nSPS) is 25.8. The molecule has 0 amide bonds. The van der Waals surface area contributed by atoms with E-state index in [2.05, 4.69) is 26.1 Å². The van der Waals surface area contributed by atoms with E-state index >= 15 is 0 Å². The highest BCUT2D eigenvalue weighted by Gasteiger charge is 2.34. The zero-order valence-corrected chi connectivity index (χ0v) is 10.9. The maximum Gasteiger partial charge on any atom is -0.00436 e. The van der Waals surface area contributed by atoms with Gasteiger partial charge in [0.25, 0.3) is 0 Å². The third-order valence-corrected chi connectivity index (χ3v) is 4.00. The van der Waals surface area contributed by atoms with Gasteiger partial charge in [-0.1, -0.05) is 40.0 Å². The van der Waals surface area contributed by atoms with Gasteiger partial charge in [-0.25, -0.2) is 0 Å². The Hall–Kier alpha value is -0.0400. The second kappa shape index (κ2) is 6.52. The second-order valence-electron chi connectivity index (χ2n) is 5.64. The average Bonchev–Trinajstić information content (AvgIpc) is 2.26. The van der Waals surface area contributed by atoms with E-state index in [0.29, 0.717) is 0 Å². The summed E-state index contributed by atoms with van der Waals surface area (Å²) in [5, 5.41) is 3.47. The van der Waals surface area contributed by atoms with E-state index in [1.807, 2.05) is 0 Å². The quantitative estimate of drug-likeness (QED) is 0.639. The Bertz CT molecular complexity index is 149. The van der Waals surface area contributed by atoms with Crippen molar-refractivity contribution in [1.82, 2.24) is 5.32 Å². The fraction of sp³-hybridized carbons (Fsp3) is 1.00. The molecule has 0 radical (unpaired) electrons. The molecule has 1 spiro atoms. The molecule has 2 rings (SSSR count). The van der Waals surface area contributed by atoms with E-state index < -0.39 is 0 Å². The topological polar surface area (TPSA) is 12.0 Å². The van der Waals surface area contributed by atoms with E-state index in [-0.39, 0.29) is 0 Å². The van der Waals surface area contributed by atoms with Gasteiger partial charge in [0.15, 0.2) is 0 Å². The van der Waals surface area contributed by atoms with Crippen LogP contribution >= 0.6 is 0 Å².